The molecule has 4 heteroatoms. The van der Waals surface area contributed by atoms with Gasteiger partial charge in [0.1, 0.15) is 11.3 Å². The molecule has 134 valence electrons. The molecular weight excluding hydrogens is 341 g/mol. The van der Waals surface area contributed by atoms with Crippen molar-refractivity contribution >= 4 is 41.7 Å². The highest BCUT2D eigenvalue weighted by Crippen LogP contribution is 2.45. The summed E-state index contributed by atoms with van der Waals surface area (Å²) in [7, 11) is 4.26. The number of benzene rings is 2. The summed E-state index contributed by atoms with van der Waals surface area (Å²) < 4.78 is 12.2. The summed E-state index contributed by atoms with van der Waals surface area (Å²) in [4.78, 5) is 2.19. The van der Waals surface area contributed by atoms with Crippen molar-refractivity contribution in [3.8, 4) is 0 Å². The summed E-state index contributed by atoms with van der Waals surface area (Å²) in [6.45, 7) is 0. The first-order chi connectivity index (χ1) is 12.7. The number of anilines is 1. The quantitative estimate of drug-likeness (QED) is 0.482. The van der Waals surface area contributed by atoms with Gasteiger partial charge in [-0.05, 0) is 61.3 Å². The fourth-order valence-electron chi connectivity index (χ4n) is 4.67. The molecule has 2 aliphatic carbocycles. The van der Waals surface area contributed by atoms with Gasteiger partial charge < -0.3 is 13.3 Å². The molecule has 0 N–H and O–H groups in total. The molecule has 0 bridgehead atoms. The van der Waals surface area contributed by atoms with Gasteiger partial charge in [-0.3, -0.25) is 0 Å². The van der Waals surface area contributed by atoms with Gasteiger partial charge in [-0.25, -0.2) is 0 Å². The average Bonchev–Trinajstić information content (AvgIpc) is 2.86. The highest BCUT2D eigenvalue weighted by Gasteiger charge is 2.26. The second-order valence-corrected chi connectivity index (χ2v) is 8.16. The highest BCUT2D eigenvalue weighted by molar-refractivity contribution is 7.15. The second-order valence-electron chi connectivity index (χ2n) is 7.58. The third-order valence-electron chi connectivity index (χ3n) is 5.87. The Hall–Kier alpha value is -2.12. The van der Waals surface area contributed by atoms with Gasteiger partial charge in [-0.15, -0.1) is 0 Å². The molecule has 0 radical (unpaired) electrons. The molecule has 1 heterocycles. The molecule has 26 heavy (non-hydrogen) atoms. The molecule has 1 aromatic heterocycles. The van der Waals surface area contributed by atoms with E-state index in [9.17, 15) is 0 Å². The Morgan fingerprint density at radius 2 is 1.77 bits per heavy atom. The van der Waals surface area contributed by atoms with Gasteiger partial charge in [0.25, 0.3) is 0 Å². The predicted octanol–water partition coefficient (Wildman–Crippen LogP) is 6.67. The zero-order valence-electron chi connectivity index (χ0n) is 15.4. The van der Waals surface area contributed by atoms with Crippen LogP contribution in [-0.2, 0) is 6.42 Å². The van der Waals surface area contributed by atoms with E-state index < -0.39 is 0 Å². The van der Waals surface area contributed by atoms with Crippen LogP contribution in [0.15, 0.2) is 44.3 Å². The molecule has 0 fully saturated rings. The third kappa shape index (κ3) is 2.41. The van der Waals surface area contributed by atoms with Crippen LogP contribution in [0.1, 0.15) is 43.4 Å². The molecule has 0 amide bonds. The van der Waals surface area contributed by atoms with Crippen LogP contribution >= 0.6 is 8.67 Å². The number of hydrogen-bond donors (Lipinski definition) is 0. The predicted molar refractivity (Wildman–Crippen MR) is 111 cm³/mol. The standard InChI is InChI=1S/C22H24NO2P/c1-23(2)18-9-5-8-17-16(18)11-13-20-22(17)21-15-7-4-3-6-14(15)10-12-19(21)24-26-25-20/h5,8-9,11,13,26H,3-4,6-7,10,12H2,1-2H3. The Labute approximate surface area is 155 Å². The van der Waals surface area contributed by atoms with E-state index in [-0.39, 0.29) is 8.67 Å². The van der Waals surface area contributed by atoms with Gasteiger partial charge in [0.2, 0.25) is 8.67 Å². The second kappa shape index (κ2) is 6.25. The summed E-state index contributed by atoms with van der Waals surface area (Å²) in [6.07, 6.45) is 7.19. The average molecular weight is 365 g/mol. The molecule has 0 aliphatic heterocycles. The van der Waals surface area contributed by atoms with E-state index in [0.717, 1.165) is 24.2 Å². The van der Waals surface area contributed by atoms with Gasteiger partial charge in [-0.1, -0.05) is 17.7 Å². The number of allylic oxidation sites excluding steroid dienone is 2. The largest absolute Gasteiger partial charge is 0.426 e. The lowest BCUT2D eigenvalue weighted by Gasteiger charge is -2.26. The summed E-state index contributed by atoms with van der Waals surface area (Å²) in [5, 5.41) is 3.80. The fourth-order valence-corrected chi connectivity index (χ4v) is 5.27. The smallest absolute Gasteiger partial charge is 0.201 e. The number of rotatable bonds is 1. The summed E-state index contributed by atoms with van der Waals surface area (Å²) in [5.74, 6) is 1.14. The molecule has 2 aliphatic rings. The first kappa shape index (κ1) is 16.1. The zero-order chi connectivity index (χ0) is 17.7. The number of hydrogen-bond acceptors (Lipinski definition) is 3. The van der Waals surface area contributed by atoms with Crippen molar-refractivity contribution in [1.29, 1.82) is 0 Å². The molecule has 0 saturated carbocycles. The van der Waals surface area contributed by atoms with Crippen LogP contribution in [0, 0.1) is 0 Å². The molecule has 3 nitrogen and oxygen atoms in total. The van der Waals surface area contributed by atoms with Crippen molar-refractivity contribution in [2.24, 2.45) is 0 Å². The monoisotopic (exact) mass is 365 g/mol. The van der Waals surface area contributed by atoms with E-state index in [1.54, 1.807) is 5.57 Å². The topological polar surface area (TPSA) is 29.5 Å². The van der Waals surface area contributed by atoms with Crippen LogP contribution in [0.5, 0.6) is 0 Å². The van der Waals surface area contributed by atoms with Crippen molar-refractivity contribution in [3.05, 3.63) is 47.2 Å². The maximum absolute atomic E-state index is 6.11. The Morgan fingerprint density at radius 3 is 2.65 bits per heavy atom. The summed E-state index contributed by atoms with van der Waals surface area (Å²) >= 11 is 0. The highest BCUT2D eigenvalue weighted by atomic mass is 31.1. The number of fused-ring (bicyclic) bond motifs is 6. The third-order valence-corrected chi connectivity index (χ3v) is 6.50. The Balaban J connectivity index is 1.97. The van der Waals surface area contributed by atoms with Crippen LogP contribution in [0.3, 0.4) is 0 Å². The van der Waals surface area contributed by atoms with E-state index >= 15 is 0 Å². The van der Waals surface area contributed by atoms with Crippen LogP contribution in [0.25, 0.3) is 27.3 Å². The lowest BCUT2D eigenvalue weighted by molar-refractivity contribution is 0.555. The van der Waals surface area contributed by atoms with Crippen molar-refractivity contribution in [2.45, 2.75) is 38.5 Å². The fraction of sp³-hybridized carbons (Fsp3) is 0.364. The Morgan fingerprint density at radius 1 is 0.885 bits per heavy atom. The maximum Gasteiger partial charge on any atom is 0.201 e. The van der Waals surface area contributed by atoms with Crippen LogP contribution in [0.4, 0.5) is 5.69 Å². The van der Waals surface area contributed by atoms with Crippen molar-refractivity contribution < 1.29 is 8.39 Å². The van der Waals surface area contributed by atoms with Gasteiger partial charge in [0.05, 0.1) is 0 Å². The normalized spacial score (nSPS) is 16.8. The molecule has 0 spiro atoms. The number of nitrogens with zero attached hydrogens (tertiary/aromatic N) is 1. The minimum Gasteiger partial charge on any atom is -0.426 e. The molecular formula is C22H24NO2P. The van der Waals surface area contributed by atoms with Gasteiger partial charge in [-0.2, -0.15) is 0 Å². The minimum absolute atomic E-state index is 0.0465. The van der Waals surface area contributed by atoms with E-state index in [4.69, 9.17) is 8.39 Å². The van der Waals surface area contributed by atoms with Crippen LogP contribution in [-0.4, -0.2) is 14.1 Å². The van der Waals surface area contributed by atoms with E-state index in [0.29, 0.717) is 0 Å². The van der Waals surface area contributed by atoms with Crippen molar-refractivity contribution in [1.82, 2.24) is 0 Å². The van der Waals surface area contributed by atoms with Gasteiger partial charge in [0.15, 0.2) is 0 Å². The molecule has 1 unspecified atom stereocenters. The SMILES string of the molecule is CN(C)c1cccc2c1ccc1o[pH]oc3c(c12)C1=C(CCCC1)CC3. The van der Waals surface area contributed by atoms with Gasteiger partial charge in [0, 0.05) is 42.5 Å². The lowest BCUT2D eigenvalue weighted by atomic mass is 9.79. The zero-order valence-corrected chi connectivity index (χ0v) is 16.4. The van der Waals surface area contributed by atoms with E-state index in [1.807, 2.05) is 0 Å². The molecule has 2 aromatic carbocycles. The molecule has 0 saturated heterocycles. The molecule has 5 rings (SSSR count). The van der Waals surface area contributed by atoms with Crippen LogP contribution < -0.4 is 4.90 Å². The first-order valence-electron chi connectivity index (χ1n) is 9.50. The van der Waals surface area contributed by atoms with Crippen LogP contribution in [0.2, 0.25) is 0 Å². The Bertz CT molecular complexity index is 1080. The van der Waals surface area contributed by atoms with E-state index in [2.05, 4.69) is 49.3 Å². The lowest BCUT2D eigenvalue weighted by Crippen LogP contribution is -2.10. The maximum atomic E-state index is 6.11. The molecule has 1 atom stereocenters. The minimum atomic E-state index is 0.0465. The van der Waals surface area contributed by atoms with Crippen molar-refractivity contribution in [2.75, 3.05) is 19.0 Å². The van der Waals surface area contributed by atoms with Gasteiger partial charge >= 0.3 is 0 Å². The summed E-state index contributed by atoms with van der Waals surface area (Å²) in [5.41, 5.74) is 6.74. The van der Waals surface area contributed by atoms with Crippen molar-refractivity contribution in [3.63, 3.8) is 0 Å². The summed E-state index contributed by atoms with van der Waals surface area (Å²) in [6, 6.07) is 10.9. The first-order valence-corrected chi connectivity index (χ1v) is 10.3. The number of aryl methyl sites for hydroxylation is 1. The molecule has 3 aromatic rings. The van der Waals surface area contributed by atoms with E-state index in [1.165, 1.54) is 58.7 Å². The Kier molecular flexibility index (Phi) is 3.86.